The second-order valence-corrected chi connectivity index (χ2v) is 2.80. The first-order chi connectivity index (χ1) is 8.38. The molecule has 0 fully saturated rings. The van der Waals surface area contributed by atoms with Crippen LogP contribution in [0.5, 0.6) is 5.75 Å². The summed E-state index contributed by atoms with van der Waals surface area (Å²) in [7, 11) is 0. The van der Waals surface area contributed by atoms with Gasteiger partial charge >= 0.3 is 11.4 Å². The van der Waals surface area contributed by atoms with Gasteiger partial charge in [0, 0.05) is 0 Å². The molecule has 94 valence electrons. The van der Waals surface area contributed by atoms with E-state index in [4.69, 9.17) is 0 Å². The minimum absolute atomic E-state index is 0.249. The van der Waals surface area contributed by atoms with Gasteiger partial charge in [0.05, 0.1) is 26.9 Å². The van der Waals surface area contributed by atoms with E-state index in [0.717, 1.165) is 0 Å². The van der Waals surface area contributed by atoms with Crippen molar-refractivity contribution in [1.82, 2.24) is 0 Å². The zero-order valence-corrected chi connectivity index (χ0v) is 8.34. The molecule has 0 saturated carbocycles. The predicted molar refractivity (Wildman–Crippen MR) is 53.1 cm³/mol. The monoisotopic (exact) mass is 257 g/mol. The van der Waals surface area contributed by atoms with E-state index in [0.29, 0.717) is 12.1 Å². The van der Waals surface area contributed by atoms with Crippen LogP contribution in [0.15, 0.2) is 12.1 Å². The fraction of sp³-hybridized carbons (Fsp3) is 0. The van der Waals surface area contributed by atoms with Crippen molar-refractivity contribution in [3.05, 3.63) is 42.5 Å². The van der Waals surface area contributed by atoms with Gasteiger partial charge in [0.25, 0.3) is 17.9 Å². The Morgan fingerprint density at radius 3 is 1.67 bits per heavy atom. The molecule has 0 radical (unpaired) electrons. The smallest absolute Gasteiger partial charge is 0.325 e. The zero-order valence-electron chi connectivity index (χ0n) is 8.34. The van der Waals surface area contributed by atoms with Crippen LogP contribution >= 0.6 is 0 Å². The lowest BCUT2D eigenvalue weighted by Crippen LogP contribution is -2.02. The van der Waals surface area contributed by atoms with Crippen molar-refractivity contribution in [3.63, 3.8) is 0 Å². The molecular formula is C7H3N3O8. The van der Waals surface area contributed by atoms with Gasteiger partial charge in [0.1, 0.15) is 0 Å². The van der Waals surface area contributed by atoms with Crippen molar-refractivity contribution < 1.29 is 24.3 Å². The van der Waals surface area contributed by atoms with Gasteiger partial charge in [0.2, 0.25) is 0 Å². The van der Waals surface area contributed by atoms with E-state index in [1.54, 1.807) is 0 Å². The van der Waals surface area contributed by atoms with Crippen LogP contribution in [0, 0.1) is 30.3 Å². The maximum absolute atomic E-state index is 10.6. The first kappa shape index (κ1) is 13.0. The molecule has 0 spiro atoms. The van der Waals surface area contributed by atoms with Gasteiger partial charge in [-0.2, -0.15) is 0 Å². The summed E-state index contributed by atoms with van der Waals surface area (Å²) in [5.74, 6) is -0.953. The highest BCUT2D eigenvalue weighted by Crippen LogP contribution is 2.39. The number of carbonyl (C=O) groups is 1. The summed E-state index contributed by atoms with van der Waals surface area (Å²) in [6.07, 6.45) is 0. The van der Waals surface area contributed by atoms with Crippen LogP contribution < -0.4 is 4.74 Å². The van der Waals surface area contributed by atoms with Crippen molar-refractivity contribution in [2.24, 2.45) is 0 Å². The summed E-state index contributed by atoms with van der Waals surface area (Å²) in [6, 6.07) is 0.928. The Bertz CT molecular complexity index is 519. The van der Waals surface area contributed by atoms with Gasteiger partial charge in [-0.1, -0.05) is 0 Å². The van der Waals surface area contributed by atoms with Crippen LogP contribution in [0.25, 0.3) is 0 Å². The third-order valence-corrected chi connectivity index (χ3v) is 1.80. The number of carbonyl (C=O) groups excluding carboxylic acids is 1. The maximum Gasteiger partial charge on any atom is 0.325 e. The molecule has 0 aromatic heterocycles. The van der Waals surface area contributed by atoms with Crippen molar-refractivity contribution >= 4 is 23.5 Å². The maximum atomic E-state index is 10.6. The van der Waals surface area contributed by atoms with Crippen LogP contribution in [0.3, 0.4) is 0 Å². The number of hydrogen-bond donors (Lipinski definition) is 0. The number of benzene rings is 1. The van der Waals surface area contributed by atoms with E-state index >= 15 is 0 Å². The fourth-order valence-electron chi connectivity index (χ4n) is 1.13. The highest BCUT2D eigenvalue weighted by atomic mass is 16.6. The van der Waals surface area contributed by atoms with Crippen molar-refractivity contribution in [2.75, 3.05) is 0 Å². The topological polar surface area (TPSA) is 156 Å². The molecule has 0 N–H and O–H groups in total. The second-order valence-electron chi connectivity index (χ2n) is 2.80. The normalized spacial score (nSPS) is 9.56. The van der Waals surface area contributed by atoms with Crippen LogP contribution in [-0.4, -0.2) is 21.2 Å². The van der Waals surface area contributed by atoms with Gasteiger partial charge in [-0.15, -0.1) is 0 Å². The third kappa shape index (κ3) is 2.34. The predicted octanol–water partition coefficient (Wildman–Crippen LogP) is 0.946. The number of hydrogen-bond acceptors (Lipinski definition) is 8. The van der Waals surface area contributed by atoms with E-state index in [1.807, 2.05) is 0 Å². The molecule has 0 aliphatic heterocycles. The molecule has 0 amide bonds. The Labute approximate surface area is 97.0 Å². The van der Waals surface area contributed by atoms with Gasteiger partial charge in [-0.05, 0) is 0 Å². The lowest BCUT2D eigenvalue weighted by atomic mass is 10.2. The first-order valence-corrected chi connectivity index (χ1v) is 4.10. The standard InChI is InChI=1S/C7H3N3O8/c11-3-18-7-5(9(14)15)1-4(8(12)13)2-6(7)10(16)17/h1-3H. The molecule has 11 heteroatoms. The minimum Gasteiger partial charge on any atom is -0.414 e. The van der Waals surface area contributed by atoms with E-state index in [2.05, 4.69) is 4.74 Å². The average molecular weight is 257 g/mol. The number of rotatable bonds is 5. The van der Waals surface area contributed by atoms with E-state index < -0.39 is 37.6 Å². The zero-order chi connectivity index (χ0) is 13.9. The molecule has 18 heavy (non-hydrogen) atoms. The van der Waals surface area contributed by atoms with Gasteiger partial charge < -0.3 is 4.74 Å². The van der Waals surface area contributed by atoms with Crippen molar-refractivity contribution in [1.29, 1.82) is 0 Å². The van der Waals surface area contributed by atoms with Crippen molar-refractivity contribution in [3.8, 4) is 5.75 Å². The van der Waals surface area contributed by atoms with Gasteiger partial charge in [0.15, 0.2) is 0 Å². The Hall–Kier alpha value is -3.11. The summed E-state index contributed by atoms with van der Waals surface area (Å²) in [4.78, 5) is 38.5. The molecule has 0 atom stereocenters. The van der Waals surface area contributed by atoms with E-state index in [-0.39, 0.29) is 6.47 Å². The second kappa shape index (κ2) is 4.82. The number of ether oxygens (including phenoxy) is 1. The molecule has 0 saturated heterocycles. The molecule has 0 aliphatic rings. The molecule has 11 nitrogen and oxygen atoms in total. The number of non-ortho nitro benzene ring substituents is 1. The van der Waals surface area contributed by atoms with Gasteiger partial charge in [-0.3, -0.25) is 35.1 Å². The number of nitro groups is 3. The highest BCUT2D eigenvalue weighted by molar-refractivity contribution is 5.68. The first-order valence-electron chi connectivity index (χ1n) is 4.10. The average Bonchev–Trinajstić information content (AvgIpc) is 2.28. The van der Waals surface area contributed by atoms with Gasteiger partial charge in [-0.25, -0.2) is 0 Å². The Morgan fingerprint density at radius 1 is 0.944 bits per heavy atom. The van der Waals surface area contributed by atoms with Crippen molar-refractivity contribution in [2.45, 2.75) is 0 Å². The SMILES string of the molecule is O=COc1c([N+](=O)[O-])cc([N+](=O)[O-])cc1[N+](=O)[O-]. The largest absolute Gasteiger partial charge is 0.414 e. The Balaban J connectivity index is 3.64. The van der Waals surface area contributed by atoms with Crippen LogP contribution in [0.4, 0.5) is 17.1 Å². The molecule has 1 rings (SSSR count). The van der Waals surface area contributed by atoms with Crippen LogP contribution in [0.1, 0.15) is 0 Å². The summed E-state index contributed by atoms with van der Waals surface area (Å²) in [6.45, 7) is -0.249. The Kier molecular flexibility index (Phi) is 3.47. The lowest BCUT2D eigenvalue weighted by Gasteiger charge is -2.01. The molecule has 0 heterocycles. The summed E-state index contributed by atoms with van der Waals surface area (Å²) in [5.41, 5.74) is -2.93. The van der Waals surface area contributed by atoms with E-state index in [1.165, 1.54) is 0 Å². The van der Waals surface area contributed by atoms with Crippen LogP contribution in [-0.2, 0) is 4.79 Å². The molecule has 0 aliphatic carbocycles. The summed E-state index contributed by atoms with van der Waals surface area (Å²) >= 11 is 0. The summed E-state index contributed by atoms with van der Waals surface area (Å²) in [5, 5.41) is 31.7. The third-order valence-electron chi connectivity index (χ3n) is 1.80. The Morgan fingerprint density at radius 2 is 1.39 bits per heavy atom. The van der Waals surface area contributed by atoms with Crippen LogP contribution in [0.2, 0.25) is 0 Å². The quantitative estimate of drug-likeness (QED) is 0.428. The molecule has 0 bridgehead atoms. The minimum atomic E-state index is -1.13. The molecule has 1 aromatic carbocycles. The number of nitrogens with zero attached hydrogens (tertiary/aromatic N) is 3. The fourth-order valence-corrected chi connectivity index (χ4v) is 1.13. The van der Waals surface area contributed by atoms with E-state index in [9.17, 15) is 35.1 Å². The number of nitro benzene ring substituents is 3. The summed E-state index contributed by atoms with van der Waals surface area (Å²) < 4.78 is 4.14. The molecule has 1 aromatic rings. The lowest BCUT2D eigenvalue weighted by molar-refractivity contribution is -0.404. The molecular weight excluding hydrogens is 254 g/mol. The highest BCUT2D eigenvalue weighted by Gasteiger charge is 2.32. The molecule has 0 unspecified atom stereocenters.